The first-order valence-corrected chi connectivity index (χ1v) is 18.0. The molecule has 16 heteroatoms. The lowest BCUT2D eigenvalue weighted by atomic mass is 9.86. The summed E-state index contributed by atoms with van der Waals surface area (Å²) >= 11 is 1.37. The molecule has 3 rings (SSSR count). The summed E-state index contributed by atoms with van der Waals surface area (Å²) in [5.74, 6) is -4.43. The van der Waals surface area contributed by atoms with E-state index >= 15 is 0 Å². The number of carbonyl (C=O) groups is 5. The maximum atomic E-state index is 13.4. The molecule has 6 N–H and O–H groups in total. The average molecular weight is 748 g/mol. The van der Waals surface area contributed by atoms with Crippen LogP contribution >= 0.6 is 11.8 Å². The number of aliphatic hydroxyl groups is 2. The maximum absolute atomic E-state index is 13.4. The molecule has 52 heavy (non-hydrogen) atoms. The van der Waals surface area contributed by atoms with Crippen LogP contribution in [0.5, 0.6) is 0 Å². The minimum absolute atomic E-state index is 0.0217. The van der Waals surface area contributed by atoms with E-state index in [2.05, 4.69) is 16.0 Å². The van der Waals surface area contributed by atoms with Crippen molar-refractivity contribution in [3.8, 4) is 11.1 Å². The Bertz CT molecular complexity index is 1500. The number of carboxylic acid groups (broad SMARTS) is 1. The van der Waals surface area contributed by atoms with Gasteiger partial charge in [0.05, 0.1) is 38.3 Å². The Labute approximate surface area is 307 Å². The van der Waals surface area contributed by atoms with Gasteiger partial charge in [-0.05, 0) is 56.2 Å². The van der Waals surface area contributed by atoms with Crippen molar-refractivity contribution in [3.63, 3.8) is 0 Å². The van der Waals surface area contributed by atoms with Gasteiger partial charge in [0.15, 0.2) is 0 Å². The molecule has 0 unspecified atom stereocenters. The Morgan fingerprint density at radius 1 is 0.981 bits per heavy atom. The lowest BCUT2D eigenvalue weighted by Crippen LogP contribution is -2.71. The summed E-state index contributed by atoms with van der Waals surface area (Å²) in [4.78, 5) is 62.6. The van der Waals surface area contributed by atoms with E-state index in [4.69, 9.17) is 24.1 Å². The third-order valence-electron chi connectivity index (χ3n) is 7.86. The lowest BCUT2D eigenvalue weighted by Gasteiger charge is -2.48. The van der Waals surface area contributed by atoms with Crippen molar-refractivity contribution in [1.29, 1.82) is 0 Å². The van der Waals surface area contributed by atoms with Crippen molar-refractivity contribution < 1.29 is 58.2 Å². The van der Waals surface area contributed by atoms with E-state index in [-0.39, 0.29) is 13.0 Å². The second kappa shape index (κ2) is 19.6. The van der Waals surface area contributed by atoms with Gasteiger partial charge < -0.3 is 50.2 Å². The van der Waals surface area contributed by atoms with Crippen LogP contribution in [0.25, 0.3) is 11.1 Å². The maximum Gasteiger partial charge on any atom is 0.407 e. The molecule has 0 saturated carbocycles. The zero-order valence-corrected chi connectivity index (χ0v) is 30.8. The van der Waals surface area contributed by atoms with E-state index in [1.807, 2.05) is 30.3 Å². The summed E-state index contributed by atoms with van der Waals surface area (Å²) < 4.78 is 22.6. The molecule has 3 amide bonds. The monoisotopic (exact) mass is 747 g/mol. The number of aliphatic carboxylic acids is 1. The van der Waals surface area contributed by atoms with Crippen LogP contribution in [-0.4, -0.2) is 119 Å². The van der Waals surface area contributed by atoms with Gasteiger partial charge in [-0.25, -0.2) is 9.59 Å². The van der Waals surface area contributed by atoms with Crippen molar-refractivity contribution in [2.45, 2.75) is 88.7 Å². The quantitative estimate of drug-likeness (QED) is 0.101. The highest BCUT2D eigenvalue weighted by Gasteiger charge is 2.57. The van der Waals surface area contributed by atoms with Crippen LogP contribution in [-0.2, 0) is 33.3 Å². The first kappa shape index (κ1) is 42.2. The molecule has 6 atom stereocenters. The van der Waals surface area contributed by atoms with Gasteiger partial charge >= 0.3 is 18.0 Å². The molecule has 15 nitrogen and oxygen atoms in total. The average Bonchev–Trinajstić information content (AvgIpc) is 3.09. The van der Waals surface area contributed by atoms with Crippen LogP contribution in [0.1, 0.15) is 57.3 Å². The Morgan fingerprint density at radius 3 is 2.23 bits per heavy atom. The second-order valence-corrected chi connectivity index (χ2v) is 14.4. The Balaban J connectivity index is 1.84. The van der Waals surface area contributed by atoms with Gasteiger partial charge in [-0.15, -0.1) is 0 Å². The van der Waals surface area contributed by atoms with Crippen molar-refractivity contribution in [2.24, 2.45) is 0 Å². The first-order chi connectivity index (χ1) is 24.5. The van der Waals surface area contributed by atoms with E-state index in [1.54, 1.807) is 45.0 Å². The minimum atomic E-state index is -2.23. The molecular formula is C36H49N3O12S. The zero-order valence-electron chi connectivity index (χ0n) is 30.0. The Morgan fingerprint density at radius 2 is 1.63 bits per heavy atom. The van der Waals surface area contributed by atoms with E-state index in [9.17, 15) is 34.2 Å². The van der Waals surface area contributed by atoms with Gasteiger partial charge in [0.25, 0.3) is 11.7 Å². The largest absolute Gasteiger partial charge is 0.481 e. The predicted molar refractivity (Wildman–Crippen MR) is 191 cm³/mol. The smallest absolute Gasteiger partial charge is 0.407 e. The molecule has 2 aromatic rings. The standard InChI is InChI=1S/C36H49N3O12S/c1-22(40)38-29-26(39-34(47)51-35(2,3)4)20-36(33(46)48-5,49-17-9-18-52-19-16-28(42)43)50-31(29)30(44)27(41)21-37-32(45)25-14-12-24(13-15-25)23-10-7-6-8-11-23/h6-8,10-15,26-27,29-31,41,44H,9,16-21H2,1-5H3,(H,37,45)(H,38,40)(H,39,47)(H,42,43)/t26-,27+,29+,30+,31+,36+/m0/s1. The van der Waals surface area contributed by atoms with E-state index in [0.717, 1.165) is 18.2 Å². The van der Waals surface area contributed by atoms with Crippen molar-refractivity contribution >= 4 is 41.6 Å². The lowest BCUT2D eigenvalue weighted by molar-refractivity contribution is -0.301. The third kappa shape index (κ3) is 12.8. The summed E-state index contributed by atoms with van der Waals surface area (Å²) in [6.45, 7) is 5.60. The highest BCUT2D eigenvalue weighted by Crippen LogP contribution is 2.35. The fourth-order valence-corrected chi connectivity index (χ4v) is 6.31. The number of aliphatic hydroxyl groups excluding tert-OH is 2. The molecule has 1 aliphatic heterocycles. The predicted octanol–water partition coefficient (Wildman–Crippen LogP) is 2.48. The minimum Gasteiger partial charge on any atom is -0.481 e. The zero-order chi connectivity index (χ0) is 38.5. The van der Waals surface area contributed by atoms with Gasteiger partial charge in [-0.3, -0.25) is 14.4 Å². The van der Waals surface area contributed by atoms with Crippen LogP contribution < -0.4 is 16.0 Å². The van der Waals surface area contributed by atoms with Gasteiger partial charge in [-0.2, -0.15) is 11.8 Å². The normalized spacial score (nSPS) is 21.2. The van der Waals surface area contributed by atoms with Crippen LogP contribution in [0.15, 0.2) is 54.6 Å². The number of rotatable bonds is 17. The molecule has 1 heterocycles. The Kier molecular flexibility index (Phi) is 15.9. The molecule has 1 fully saturated rings. The summed E-state index contributed by atoms with van der Waals surface area (Å²) in [6, 6.07) is 14.0. The van der Waals surface area contributed by atoms with Gasteiger partial charge in [0.1, 0.15) is 17.8 Å². The number of thioether (sulfide) groups is 1. The molecule has 0 aromatic heterocycles. The summed E-state index contributed by atoms with van der Waals surface area (Å²) in [6.07, 6.45) is -6.12. The molecule has 1 aliphatic rings. The summed E-state index contributed by atoms with van der Waals surface area (Å²) in [5.41, 5.74) is 1.25. The van der Waals surface area contributed by atoms with Gasteiger partial charge in [-0.1, -0.05) is 42.5 Å². The summed E-state index contributed by atoms with van der Waals surface area (Å²) in [5, 5.41) is 39.4. The topological polar surface area (TPSA) is 219 Å². The molecule has 286 valence electrons. The van der Waals surface area contributed by atoms with Crippen LogP contribution in [0.2, 0.25) is 0 Å². The molecule has 0 aliphatic carbocycles. The number of ether oxygens (including phenoxy) is 4. The first-order valence-electron chi connectivity index (χ1n) is 16.8. The fraction of sp³-hybridized carbons (Fsp3) is 0.528. The van der Waals surface area contributed by atoms with Crippen LogP contribution in [0.4, 0.5) is 4.79 Å². The van der Waals surface area contributed by atoms with Crippen molar-refractivity contribution in [2.75, 3.05) is 31.8 Å². The third-order valence-corrected chi connectivity index (χ3v) is 8.93. The van der Waals surface area contributed by atoms with E-state index in [0.29, 0.717) is 23.5 Å². The number of methoxy groups -OCH3 is 1. The second-order valence-electron chi connectivity index (χ2n) is 13.2. The highest BCUT2D eigenvalue weighted by molar-refractivity contribution is 7.99. The number of carboxylic acids is 1. The van der Waals surface area contributed by atoms with Crippen LogP contribution in [0, 0.1) is 0 Å². The number of alkyl carbamates (subject to hydrolysis) is 1. The number of carbonyl (C=O) groups excluding carboxylic acids is 4. The fourth-order valence-electron chi connectivity index (χ4n) is 5.47. The number of hydrogen-bond donors (Lipinski definition) is 6. The van der Waals surface area contributed by atoms with Crippen molar-refractivity contribution in [3.05, 3.63) is 60.2 Å². The van der Waals surface area contributed by atoms with Crippen molar-refractivity contribution in [1.82, 2.24) is 16.0 Å². The van der Waals surface area contributed by atoms with E-state index in [1.165, 1.54) is 18.7 Å². The highest BCUT2D eigenvalue weighted by atomic mass is 32.2. The molecule has 0 spiro atoms. The molecule has 2 aromatic carbocycles. The van der Waals surface area contributed by atoms with Gasteiger partial charge in [0.2, 0.25) is 5.91 Å². The van der Waals surface area contributed by atoms with Crippen LogP contribution in [0.3, 0.4) is 0 Å². The Hall–Kier alpha value is -4.22. The number of nitrogens with one attached hydrogen (secondary N) is 3. The SMILES string of the molecule is COC(=O)[C@@]1(OCCCSCCC(=O)O)C[C@H](NC(=O)OC(C)(C)C)[C@@H](NC(C)=O)[C@H]([C@H](O)[C@H](O)CNC(=O)c2ccc(-c3ccccc3)cc2)O1. The molecule has 0 bridgehead atoms. The van der Waals surface area contributed by atoms with E-state index < -0.39 is 84.6 Å². The molecule has 0 radical (unpaired) electrons. The number of esters is 1. The number of hydrogen-bond acceptors (Lipinski definition) is 12. The number of benzene rings is 2. The molecule has 1 saturated heterocycles. The van der Waals surface area contributed by atoms with Gasteiger partial charge in [0, 0.05) is 31.2 Å². The summed E-state index contributed by atoms with van der Waals surface area (Å²) in [7, 11) is 1.09. The molecular weight excluding hydrogens is 698 g/mol. The number of amides is 3.